The second-order valence-corrected chi connectivity index (χ2v) is 9.68. The van der Waals surface area contributed by atoms with Crippen LogP contribution >= 0.6 is 0 Å². The van der Waals surface area contributed by atoms with Crippen LogP contribution in [0.4, 0.5) is 0 Å². The molecule has 6 rings (SSSR count). The molecule has 0 spiro atoms. The highest BCUT2D eigenvalue weighted by Gasteiger charge is 2.51. The standard InChI is InChI=1S/C23H31N3O2/c27-21(24-23-13-17-10-18(14-23)12-19(11-17)15-23)16-25-6-8-26(9-7-25)22(28)20-4-2-1-3-5-20/h1-5,17-19H,6-16H2,(H,24,27). The maximum atomic E-state index is 12.8. The number of carbonyl (C=O) groups is 2. The SMILES string of the molecule is O=C(CN1CCN(C(=O)c2ccccc2)CC1)NC12CC3CC(CC(C3)C1)C2. The number of amides is 2. The zero-order valence-corrected chi connectivity index (χ0v) is 16.6. The lowest BCUT2D eigenvalue weighted by Gasteiger charge is -2.57. The van der Waals surface area contributed by atoms with Gasteiger partial charge in [0, 0.05) is 37.3 Å². The first-order chi connectivity index (χ1) is 13.6. The lowest BCUT2D eigenvalue weighted by atomic mass is 9.53. The van der Waals surface area contributed by atoms with E-state index < -0.39 is 0 Å². The van der Waals surface area contributed by atoms with Crippen LogP contribution < -0.4 is 5.32 Å². The third-order valence-electron chi connectivity index (χ3n) is 7.49. The molecule has 0 unspecified atom stereocenters. The molecule has 4 saturated carbocycles. The van der Waals surface area contributed by atoms with E-state index in [1.54, 1.807) is 0 Å². The van der Waals surface area contributed by atoms with E-state index in [1.165, 1.54) is 38.5 Å². The van der Waals surface area contributed by atoms with Gasteiger partial charge in [-0.05, 0) is 68.4 Å². The Morgan fingerprint density at radius 2 is 1.46 bits per heavy atom. The van der Waals surface area contributed by atoms with Gasteiger partial charge in [-0.1, -0.05) is 18.2 Å². The first-order valence-electron chi connectivity index (χ1n) is 11.0. The molecule has 4 aliphatic carbocycles. The minimum Gasteiger partial charge on any atom is -0.350 e. The summed E-state index contributed by atoms with van der Waals surface area (Å²) in [6, 6.07) is 9.47. The maximum Gasteiger partial charge on any atom is 0.253 e. The molecular weight excluding hydrogens is 350 g/mol. The van der Waals surface area contributed by atoms with E-state index >= 15 is 0 Å². The molecule has 0 radical (unpaired) electrons. The molecule has 1 saturated heterocycles. The van der Waals surface area contributed by atoms with Crippen LogP contribution in [0.25, 0.3) is 0 Å². The van der Waals surface area contributed by atoms with Crippen molar-refractivity contribution in [3.8, 4) is 0 Å². The van der Waals surface area contributed by atoms with Crippen molar-refractivity contribution in [2.24, 2.45) is 17.8 Å². The van der Waals surface area contributed by atoms with Crippen LogP contribution in [0, 0.1) is 17.8 Å². The topological polar surface area (TPSA) is 52.7 Å². The van der Waals surface area contributed by atoms with Gasteiger partial charge in [0.05, 0.1) is 6.54 Å². The minimum absolute atomic E-state index is 0.0942. The summed E-state index contributed by atoms with van der Waals surface area (Å²) in [6.07, 6.45) is 7.78. The Bertz CT molecular complexity index is 704. The van der Waals surface area contributed by atoms with Crippen LogP contribution in [0.3, 0.4) is 0 Å². The Labute approximate surface area is 167 Å². The summed E-state index contributed by atoms with van der Waals surface area (Å²) in [5.41, 5.74) is 0.840. The predicted octanol–water partition coefficient (Wildman–Crippen LogP) is 2.53. The molecule has 1 N–H and O–H groups in total. The summed E-state index contributed by atoms with van der Waals surface area (Å²) >= 11 is 0. The molecule has 5 heteroatoms. The smallest absolute Gasteiger partial charge is 0.253 e. The quantitative estimate of drug-likeness (QED) is 0.872. The highest BCUT2D eigenvalue weighted by atomic mass is 16.2. The number of nitrogens with zero attached hydrogens (tertiary/aromatic N) is 2. The van der Waals surface area contributed by atoms with Crippen LogP contribution in [-0.4, -0.2) is 59.9 Å². The molecule has 1 heterocycles. The fourth-order valence-electron chi connectivity index (χ4n) is 6.67. The molecule has 2 amide bonds. The summed E-state index contributed by atoms with van der Waals surface area (Å²) in [7, 11) is 0. The summed E-state index contributed by atoms with van der Waals surface area (Å²) in [4.78, 5) is 29.5. The van der Waals surface area contributed by atoms with E-state index in [1.807, 2.05) is 35.2 Å². The van der Waals surface area contributed by atoms with Crippen molar-refractivity contribution in [2.75, 3.05) is 32.7 Å². The molecule has 5 aliphatic rings. The van der Waals surface area contributed by atoms with Crippen molar-refractivity contribution in [1.29, 1.82) is 0 Å². The third kappa shape index (κ3) is 3.57. The van der Waals surface area contributed by atoms with Crippen LogP contribution in [-0.2, 0) is 4.79 Å². The Kier molecular flexibility index (Phi) is 4.66. The Balaban J connectivity index is 1.12. The van der Waals surface area contributed by atoms with Gasteiger partial charge >= 0.3 is 0 Å². The molecule has 0 aromatic heterocycles. The first kappa shape index (κ1) is 18.2. The Morgan fingerprint density at radius 3 is 2.04 bits per heavy atom. The van der Waals surface area contributed by atoms with Gasteiger partial charge in [0.15, 0.2) is 0 Å². The van der Waals surface area contributed by atoms with Crippen molar-refractivity contribution in [2.45, 2.75) is 44.1 Å². The summed E-state index contributed by atoms with van der Waals surface area (Å²) in [5.74, 6) is 2.82. The van der Waals surface area contributed by atoms with Gasteiger partial charge < -0.3 is 10.2 Å². The average Bonchev–Trinajstić information content (AvgIpc) is 2.67. The molecule has 28 heavy (non-hydrogen) atoms. The second-order valence-electron chi connectivity index (χ2n) is 9.68. The van der Waals surface area contributed by atoms with Gasteiger partial charge in [-0.25, -0.2) is 0 Å². The molecule has 1 aromatic carbocycles. The predicted molar refractivity (Wildman–Crippen MR) is 108 cm³/mol. The maximum absolute atomic E-state index is 12.8. The molecule has 5 nitrogen and oxygen atoms in total. The van der Waals surface area contributed by atoms with Crippen molar-refractivity contribution in [3.05, 3.63) is 35.9 Å². The number of rotatable bonds is 4. The van der Waals surface area contributed by atoms with E-state index in [-0.39, 0.29) is 17.4 Å². The summed E-state index contributed by atoms with van der Waals surface area (Å²) < 4.78 is 0. The van der Waals surface area contributed by atoms with Gasteiger partial charge in [-0.2, -0.15) is 0 Å². The average molecular weight is 382 g/mol. The van der Waals surface area contributed by atoms with Crippen LogP contribution in [0.2, 0.25) is 0 Å². The molecule has 0 atom stereocenters. The fraction of sp³-hybridized carbons (Fsp3) is 0.652. The van der Waals surface area contributed by atoms with Crippen molar-refractivity contribution in [1.82, 2.24) is 15.1 Å². The molecule has 1 aliphatic heterocycles. The lowest BCUT2D eigenvalue weighted by Crippen LogP contribution is -2.61. The third-order valence-corrected chi connectivity index (χ3v) is 7.49. The highest BCUT2D eigenvalue weighted by Crippen LogP contribution is 2.55. The number of hydrogen-bond donors (Lipinski definition) is 1. The van der Waals surface area contributed by atoms with Gasteiger partial charge in [0.25, 0.3) is 5.91 Å². The molecule has 150 valence electrons. The minimum atomic E-state index is 0.0942. The van der Waals surface area contributed by atoms with Gasteiger partial charge in [0.1, 0.15) is 0 Å². The summed E-state index contributed by atoms with van der Waals surface area (Å²) in [6.45, 7) is 3.39. The zero-order valence-electron chi connectivity index (χ0n) is 16.6. The number of piperazine rings is 1. The fourth-order valence-corrected chi connectivity index (χ4v) is 6.67. The molecule has 5 fully saturated rings. The largest absolute Gasteiger partial charge is 0.350 e. The number of benzene rings is 1. The van der Waals surface area contributed by atoms with E-state index in [9.17, 15) is 9.59 Å². The van der Waals surface area contributed by atoms with Gasteiger partial charge in [0.2, 0.25) is 5.91 Å². The van der Waals surface area contributed by atoms with Crippen molar-refractivity contribution in [3.63, 3.8) is 0 Å². The van der Waals surface area contributed by atoms with Gasteiger partial charge in [-0.3, -0.25) is 14.5 Å². The van der Waals surface area contributed by atoms with Crippen LogP contribution in [0.15, 0.2) is 30.3 Å². The second kappa shape index (κ2) is 7.18. The van der Waals surface area contributed by atoms with E-state index in [0.29, 0.717) is 19.6 Å². The monoisotopic (exact) mass is 381 g/mol. The van der Waals surface area contributed by atoms with Crippen molar-refractivity contribution < 1.29 is 9.59 Å². The normalized spacial score (nSPS) is 34.4. The molecule has 4 bridgehead atoms. The Hall–Kier alpha value is -1.88. The van der Waals surface area contributed by atoms with E-state index in [0.717, 1.165) is 36.4 Å². The number of carbonyl (C=O) groups excluding carboxylic acids is 2. The summed E-state index contributed by atoms with van der Waals surface area (Å²) in [5, 5.41) is 3.47. The van der Waals surface area contributed by atoms with Gasteiger partial charge in [-0.15, -0.1) is 0 Å². The zero-order chi connectivity index (χ0) is 19.1. The van der Waals surface area contributed by atoms with E-state index in [2.05, 4.69) is 10.2 Å². The van der Waals surface area contributed by atoms with Crippen LogP contribution in [0.5, 0.6) is 0 Å². The number of hydrogen-bond acceptors (Lipinski definition) is 3. The molecule has 1 aromatic rings. The highest BCUT2D eigenvalue weighted by molar-refractivity contribution is 5.94. The number of nitrogens with one attached hydrogen (secondary N) is 1. The van der Waals surface area contributed by atoms with E-state index in [4.69, 9.17) is 0 Å². The Morgan fingerprint density at radius 1 is 0.893 bits per heavy atom. The van der Waals surface area contributed by atoms with Crippen molar-refractivity contribution >= 4 is 11.8 Å². The lowest BCUT2D eigenvalue weighted by molar-refractivity contribution is -0.128. The first-order valence-corrected chi connectivity index (χ1v) is 11.0. The molecular formula is C23H31N3O2. The van der Waals surface area contributed by atoms with Crippen LogP contribution in [0.1, 0.15) is 48.9 Å².